The van der Waals surface area contributed by atoms with Gasteiger partial charge in [0.15, 0.2) is 0 Å². The molecule has 0 amide bonds. The van der Waals surface area contributed by atoms with Gasteiger partial charge in [-0.1, -0.05) is 6.92 Å². The van der Waals surface area contributed by atoms with Gasteiger partial charge in [-0.15, -0.1) is 0 Å². The van der Waals surface area contributed by atoms with Crippen molar-refractivity contribution >= 4 is 16.7 Å². The summed E-state index contributed by atoms with van der Waals surface area (Å²) in [4.78, 5) is 3.88. The Hall–Kier alpha value is -0.900. The van der Waals surface area contributed by atoms with Gasteiger partial charge in [0, 0.05) is 11.9 Å². The van der Waals surface area contributed by atoms with Crippen molar-refractivity contribution in [3.63, 3.8) is 0 Å². The average Bonchev–Trinajstić information content (AvgIpc) is 2.06. The van der Waals surface area contributed by atoms with E-state index in [1.807, 2.05) is 13.0 Å². The number of aromatic nitrogens is 1. The van der Waals surface area contributed by atoms with E-state index in [9.17, 15) is 4.21 Å². The Morgan fingerprint density at radius 2 is 2.55 bits per heavy atom. The van der Waals surface area contributed by atoms with E-state index in [0.29, 0.717) is 5.75 Å². The van der Waals surface area contributed by atoms with Gasteiger partial charge in [-0.25, -0.2) is 4.21 Å². The Morgan fingerprint density at radius 1 is 1.73 bits per heavy atom. The van der Waals surface area contributed by atoms with E-state index in [1.165, 1.54) is 0 Å². The molecule has 1 aromatic rings. The van der Waals surface area contributed by atoms with Crippen LogP contribution in [0.5, 0.6) is 0 Å². The van der Waals surface area contributed by atoms with Gasteiger partial charge in [0.1, 0.15) is 11.0 Å². The second-order valence-electron chi connectivity index (χ2n) is 1.98. The van der Waals surface area contributed by atoms with Gasteiger partial charge in [-0.05, 0) is 12.1 Å². The van der Waals surface area contributed by atoms with Crippen molar-refractivity contribution in [2.45, 2.75) is 6.92 Å². The Balaban J connectivity index is 2.58. The van der Waals surface area contributed by atoms with E-state index >= 15 is 0 Å². The van der Waals surface area contributed by atoms with Gasteiger partial charge in [-0.3, -0.25) is 4.98 Å². The molecule has 11 heavy (non-hydrogen) atoms. The molecule has 1 rings (SSSR count). The first-order valence-corrected chi connectivity index (χ1v) is 4.70. The Labute approximate surface area is 68.4 Å². The van der Waals surface area contributed by atoms with Crippen molar-refractivity contribution in [1.82, 2.24) is 4.98 Å². The number of nitrogens with zero attached hydrogens (tertiary/aromatic N) is 1. The van der Waals surface area contributed by atoms with Gasteiger partial charge in [0.2, 0.25) is 0 Å². The predicted molar refractivity (Wildman–Crippen MR) is 46.5 cm³/mol. The summed E-state index contributed by atoms with van der Waals surface area (Å²) in [5.74, 6) is 0.606. The van der Waals surface area contributed by atoms with Crippen LogP contribution in [0.2, 0.25) is 0 Å². The molecule has 4 heteroatoms. The van der Waals surface area contributed by atoms with Crippen LogP contribution in [0.3, 0.4) is 0 Å². The molecule has 60 valence electrons. The quantitative estimate of drug-likeness (QED) is 0.740. The highest BCUT2D eigenvalue weighted by Crippen LogP contribution is 2.02. The molecule has 0 aliphatic carbocycles. The molecule has 0 radical (unpaired) electrons. The van der Waals surface area contributed by atoms with E-state index in [-0.39, 0.29) is 0 Å². The topological polar surface area (TPSA) is 42.0 Å². The molecule has 0 fully saturated rings. The number of pyridine rings is 1. The second kappa shape index (κ2) is 4.08. The van der Waals surface area contributed by atoms with Crippen molar-refractivity contribution in [2.75, 3.05) is 10.5 Å². The Kier molecular flexibility index (Phi) is 3.04. The van der Waals surface area contributed by atoms with Crippen LogP contribution in [0.15, 0.2) is 24.5 Å². The normalized spacial score (nSPS) is 12.5. The predicted octanol–water partition coefficient (Wildman–Crippen LogP) is 1.18. The van der Waals surface area contributed by atoms with Gasteiger partial charge < -0.3 is 4.72 Å². The highest BCUT2D eigenvalue weighted by Gasteiger charge is 1.93. The van der Waals surface area contributed by atoms with E-state index in [1.54, 1.807) is 18.5 Å². The first kappa shape index (κ1) is 8.20. The first-order chi connectivity index (χ1) is 5.33. The maximum absolute atomic E-state index is 11.0. The van der Waals surface area contributed by atoms with E-state index in [2.05, 4.69) is 9.71 Å². The molecule has 1 atom stereocenters. The van der Waals surface area contributed by atoms with Gasteiger partial charge >= 0.3 is 0 Å². The maximum Gasteiger partial charge on any atom is 0.116 e. The number of rotatable bonds is 3. The van der Waals surface area contributed by atoms with Crippen LogP contribution in [0.1, 0.15) is 6.92 Å². The van der Waals surface area contributed by atoms with E-state index in [4.69, 9.17) is 0 Å². The summed E-state index contributed by atoms with van der Waals surface area (Å²) in [5, 5.41) is 0. The van der Waals surface area contributed by atoms with Gasteiger partial charge in [-0.2, -0.15) is 0 Å². The van der Waals surface area contributed by atoms with Crippen molar-refractivity contribution in [3.05, 3.63) is 24.5 Å². The molecule has 0 spiro atoms. The summed E-state index contributed by atoms with van der Waals surface area (Å²) >= 11 is 0. The zero-order valence-corrected chi connectivity index (χ0v) is 7.10. The molecule has 0 aromatic carbocycles. The maximum atomic E-state index is 11.0. The second-order valence-corrected chi connectivity index (χ2v) is 3.45. The van der Waals surface area contributed by atoms with Gasteiger partial charge in [0.25, 0.3) is 0 Å². The zero-order valence-electron chi connectivity index (χ0n) is 6.28. The third-order valence-corrected chi connectivity index (χ3v) is 2.14. The van der Waals surface area contributed by atoms with Crippen molar-refractivity contribution < 1.29 is 4.21 Å². The molecule has 3 nitrogen and oxygen atoms in total. The fraction of sp³-hybridized carbons (Fsp3) is 0.286. The highest BCUT2D eigenvalue weighted by molar-refractivity contribution is 7.86. The molecule has 0 aliphatic heterocycles. The number of hydrogen-bond donors (Lipinski definition) is 1. The van der Waals surface area contributed by atoms with Crippen LogP contribution in [0.25, 0.3) is 0 Å². The highest BCUT2D eigenvalue weighted by atomic mass is 32.2. The van der Waals surface area contributed by atoms with E-state index in [0.717, 1.165) is 5.69 Å². The van der Waals surface area contributed by atoms with Crippen LogP contribution in [-0.4, -0.2) is 14.9 Å². The average molecular weight is 170 g/mol. The molecular weight excluding hydrogens is 160 g/mol. The molecule has 1 unspecified atom stereocenters. The van der Waals surface area contributed by atoms with Crippen molar-refractivity contribution in [3.8, 4) is 0 Å². The summed E-state index contributed by atoms with van der Waals surface area (Å²) in [6.45, 7) is 1.86. The molecule has 0 aliphatic rings. The lowest BCUT2D eigenvalue weighted by Crippen LogP contribution is -2.05. The Bertz CT molecular complexity index is 237. The molecule has 0 saturated heterocycles. The molecule has 0 saturated carbocycles. The summed E-state index contributed by atoms with van der Waals surface area (Å²) in [6.07, 6.45) is 3.33. The van der Waals surface area contributed by atoms with Crippen LogP contribution in [0.4, 0.5) is 5.69 Å². The number of hydrogen-bond acceptors (Lipinski definition) is 2. The fourth-order valence-electron chi connectivity index (χ4n) is 0.627. The third-order valence-electron chi connectivity index (χ3n) is 1.16. The lowest BCUT2D eigenvalue weighted by Gasteiger charge is -2.01. The molecule has 1 N–H and O–H groups in total. The van der Waals surface area contributed by atoms with Crippen LogP contribution < -0.4 is 4.72 Å². The third kappa shape index (κ3) is 2.67. The molecular formula is C7H10N2OS. The number of nitrogens with one attached hydrogen (secondary N) is 1. The summed E-state index contributed by atoms with van der Waals surface area (Å²) in [5.41, 5.74) is 0.799. The molecule has 1 aromatic heterocycles. The Morgan fingerprint density at radius 3 is 3.09 bits per heavy atom. The van der Waals surface area contributed by atoms with E-state index < -0.39 is 11.0 Å². The van der Waals surface area contributed by atoms with Crippen LogP contribution in [0, 0.1) is 0 Å². The van der Waals surface area contributed by atoms with Crippen molar-refractivity contribution in [1.29, 1.82) is 0 Å². The molecule has 1 heterocycles. The smallest absolute Gasteiger partial charge is 0.116 e. The minimum atomic E-state index is -0.968. The summed E-state index contributed by atoms with van der Waals surface area (Å²) in [7, 11) is -0.968. The van der Waals surface area contributed by atoms with Crippen LogP contribution in [-0.2, 0) is 11.0 Å². The minimum absolute atomic E-state index is 0.606. The lowest BCUT2D eigenvalue weighted by atomic mass is 10.4. The van der Waals surface area contributed by atoms with Crippen molar-refractivity contribution in [2.24, 2.45) is 0 Å². The first-order valence-electron chi connectivity index (χ1n) is 3.38. The zero-order chi connectivity index (χ0) is 8.10. The SMILES string of the molecule is CCS(=O)Nc1cccnc1. The molecule has 0 bridgehead atoms. The summed E-state index contributed by atoms with van der Waals surface area (Å²) < 4.78 is 13.8. The van der Waals surface area contributed by atoms with Crippen LogP contribution >= 0.6 is 0 Å². The number of anilines is 1. The monoisotopic (exact) mass is 170 g/mol. The standard InChI is InChI=1S/C7H10N2OS/c1-2-11(10)9-7-4-3-5-8-6-7/h3-6,9H,2H2,1H3. The lowest BCUT2D eigenvalue weighted by molar-refractivity contribution is 0.687. The largest absolute Gasteiger partial charge is 0.304 e. The minimum Gasteiger partial charge on any atom is -0.304 e. The fourth-order valence-corrected chi connectivity index (χ4v) is 1.15. The van der Waals surface area contributed by atoms with Gasteiger partial charge in [0.05, 0.1) is 11.9 Å². The summed E-state index contributed by atoms with van der Waals surface area (Å²) in [6, 6.07) is 3.63.